The fraction of sp³-hybridized carbons (Fsp3) is 0.263. The van der Waals surface area contributed by atoms with E-state index in [0.29, 0.717) is 28.8 Å². The molecule has 2 N–H and O–H groups in total. The molecule has 25 heavy (non-hydrogen) atoms. The fourth-order valence-corrected chi connectivity index (χ4v) is 2.28. The van der Waals surface area contributed by atoms with Crippen molar-refractivity contribution >= 4 is 34.8 Å². The summed E-state index contributed by atoms with van der Waals surface area (Å²) in [6.07, 6.45) is 0. The Hall–Kier alpha value is -2.53. The van der Waals surface area contributed by atoms with Gasteiger partial charge in [0, 0.05) is 10.7 Å². The van der Waals surface area contributed by atoms with Gasteiger partial charge < -0.3 is 15.4 Å². The third-order valence-electron chi connectivity index (χ3n) is 3.65. The summed E-state index contributed by atoms with van der Waals surface area (Å²) in [5, 5.41) is 5.98. The summed E-state index contributed by atoms with van der Waals surface area (Å²) in [6.45, 7) is 5.46. The molecule has 0 heterocycles. The molecule has 2 rings (SSSR count). The van der Waals surface area contributed by atoms with Gasteiger partial charge in [0.1, 0.15) is 11.2 Å². The van der Waals surface area contributed by atoms with Crippen LogP contribution < -0.4 is 15.4 Å². The second kappa shape index (κ2) is 8.03. The summed E-state index contributed by atoms with van der Waals surface area (Å²) in [4.78, 5) is 25.2. The highest BCUT2D eigenvalue weighted by Gasteiger charge is 2.36. The standard InChI is InChI=1S/C19H21ClN2O3/c1-4-25-16-11-6-5-10-15(16)22-18(24)19(2,3)17(23)21-14-9-7-8-13(20)12-14/h5-12H,4H2,1-3H3,(H,21,23)(H,22,24). The zero-order chi connectivity index (χ0) is 18.4. The number of para-hydroxylation sites is 2. The summed E-state index contributed by atoms with van der Waals surface area (Å²) in [5.41, 5.74) is -0.229. The maximum absolute atomic E-state index is 12.6. The predicted octanol–water partition coefficient (Wildman–Crippen LogP) is 4.34. The molecule has 0 radical (unpaired) electrons. The second-order valence-corrected chi connectivity index (χ2v) is 6.41. The third-order valence-corrected chi connectivity index (χ3v) is 3.89. The topological polar surface area (TPSA) is 67.4 Å². The van der Waals surface area contributed by atoms with Crippen LogP contribution in [0.3, 0.4) is 0 Å². The van der Waals surface area contributed by atoms with Crippen molar-refractivity contribution in [2.45, 2.75) is 20.8 Å². The molecule has 0 unspecified atom stereocenters. The molecule has 0 aliphatic heterocycles. The monoisotopic (exact) mass is 360 g/mol. The van der Waals surface area contributed by atoms with Crippen molar-refractivity contribution in [2.75, 3.05) is 17.2 Å². The number of anilines is 2. The molecule has 2 aromatic carbocycles. The van der Waals surface area contributed by atoms with Crippen molar-refractivity contribution in [3.05, 3.63) is 53.6 Å². The zero-order valence-corrected chi connectivity index (χ0v) is 15.2. The van der Waals surface area contributed by atoms with Gasteiger partial charge in [-0.1, -0.05) is 29.8 Å². The molecule has 0 fully saturated rings. The smallest absolute Gasteiger partial charge is 0.239 e. The van der Waals surface area contributed by atoms with Gasteiger partial charge in [-0.3, -0.25) is 9.59 Å². The van der Waals surface area contributed by atoms with Gasteiger partial charge in [-0.05, 0) is 51.1 Å². The van der Waals surface area contributed by atoms with Crippen LogP contribution in [-0.4, -0.2) is 18.4 Å². The molecule has 0 aliphatic rings. The molecule has 0 bridgehead atoms. The summed E-state index contributed by atoms with van der Waals surface area (Å²) >= 11 is 5.92. The summed E-state index contributed by atoms with van der Waals surface area (Å²) < 4.78 is 5.49. The van der Waals surface area contributed by atoms with Crippen LogP contribution >= 0.6 is 11.6 Å². The third kappa shape index (κ3) is 4.73. The second-order valence-electron chi connectivity index (χ2n) is 5.97. The number of carbonyl (C=O) groups excluding carboxylic acids is 2. The van der Waals surface area contributed by atoms with Gasteiger partial charge in [0.05, 0.1) is 12.3 Å². The van der Waals surface area contributed by atoms with Crippen molar-refractivity contribution in [3.8, 4) is 5.75 Å². The van der Waals surface area contributed by atoms with E-state index >= 15 is 0 Å². The van der Waals surface area contributed by atoms with Crippen LogP contribution in [-0.2, 0) is 9.59 Å². The van der Waals surface area contributed by atoms with Crippen LogP contribution in [0.2, 0.25) is 5.02 Å². The van der Waals surface area contributed by atoms with Gasteiger partial charge in [0.25, 0.3) is 0 Å². The number of benzene rings is 2. The van der Waals surface area contributed by atoms with Crippen molar-refractivity contribution in [2.24, 2.45) is 5.41 Å². The number of amides is 2. The van der Waals surface area contributed by atoms with Crippen molar-refractivity contribution < 1.29 is 14.3 Å². The fourth-order valence-electron chi connectivity index (χ4n) is 2.09. The number of carbonyl (C=O) groups is 2. The highest BCUT2D eigenvalue weighted by molar-refractivity contribution is 6.31. The first-order valence-corrected chi connectivity index (χ1v) is 8.32. The van der Waals surface area contributed by atoms with E-state index in [-0.39, 0.29) is 0 Å². The number of hydrogen-bond acceptors (Lipinski definition) is 3. The van der Waals surface area contributed by atoms with E-state index < -0.39 is 17.2 Å². The molecule has 2 aromatic rings. The minimum Gasteiger partial charge on any atom is -0.492 e. The number of ether oxygens (including phenoxy) is 1. The minimum absolute atomic E-state index is 0.429. The van der Waals surface area contributed by atoms with Gasteiger partial charge in [-0.2, -0.15) is 0 Å². The van der Waals surface area contributed by atoms with E-state index in [1.165, 1.54) is 0 Å². The van der Waals surface area contributed by atoms with Gasteiger partial charge in [-0.15, -0.1) is 0 Å². The number of nitrogens with one attached hydrogen (secondary N) is 2. The molecule has 0 atom stereocenters. The van der Waals surface area contributed by atoms with Crippen LogP contribution in [0, 0.1) is 5.41 Å². The first-order chi connectivity index (χ1) is 11.8. The zero-order valence-electron chi connectivity index (χ0n) is 14.4. The van der Waals surface area contributed by atoms with E-state index in [4.69, 9.17) is 16.3 Å². The van der Waals surface area contributed by atoms with Crippen LogP contribution in [0.15, 0.2) is 48.5 Å². The summed E-state index contributed by atoms with van der Waals surface area (Å²) in [7, 11) is 0. The van der Waals surface area contributed by atoms with Crippen molar-refractivity contribution in [1.82, 2.24) is 0 Å². The molecular weight excluding hydrogens is 340 g/mol. The van der Waals surface area contributed by atoms with Crippen LogP contribution in [0.4, 0.5) is 11.4 Å². The SMILES string of the molecule is CCOc1ccccc1NC(=O)C(C)(C)C(=O)Nc1cccc(Cl)c1. The molecule has 132 valence electrons. The normalized spacial score (nSPS) is 10.9. The lowest BCUT2D eigenvalue weighted by Gasteiger charge is -2.23. The molecule has 2 amide bonds. The molecule has 6 heteroatoms. The van der Waals surface area contributed by atoms with E-state index in [9.17, 15) is 9.59 Å². The summed E-state index contributed by atoms with van der Waals surface area (Å²) in [6, 6.07) is 13.9. The van der Waals surface area contributed by atoms with Crippen LogP contribution in [0.25, 0.3) is 0 Å². The first kappa shape index (κ1) is 18.8. The number of hydrogen-bond donors (Lipinski definition) is 2. The Morgan fingerprint density at radius 2 is 1.72 bits per heavy atom. The predicted molar refractivity (Wildman–Crippen MR) is 100 cm³/mol. The van der Waals surface area contributed by atoms with Gasteiger partial charge in [0.2, 0.25) is 11.8 Å². The maximum Gasteiger partial charge on any atom is 0.239 e. The highest BCUT2D eigenvalue weighted by Crippen LogP contribution is 2.27. The van der Waals surface area contributed by atoms with E-state index in [2.05, 4.69) is 10.6 Å². The Balaban J connectivity index is 2.12. The van der Waals surface area contributed by atoms with Gasteiger partial charge in [-0.25, -0.2) is 0 Å². The molecule has 0 spiro atoms. The lowest BCUT2D eigenvalue weighted by molar-refractivity contribution is -0.135. The first-order valence-electron chi connectivity index (χ1n) is 7.95. The molecule has 5 nitrogen and oxygen atoms in total. The van der Waals surface area contributed by atoms with E-state index in [1.54, 1.807) is 56.3 Å². The van der Waals surface area contributed by atoms with E-state index in [1.807, 2.05) is 13.0 Å². The Labute approximate surface area is 152 Å². The Morgan fingerprint density at radius 1 is 1.04 bits per heavy atom. The Kier molecular flexibility index (Phi) is 6.04. The number of rotatable bonds is 6. The molecule has 0 saturated heterocycles. The van der Waals surface area contributed by atoms with Crippen molar-refractivity contribution in [3.63, 3.8) is 0 Å². The lowest BCUT2D eigenvalue weighted by atomic mass is 9.90. The van der Waals surface area contributed by atoms with Gasteiger partial charge >= 0.3 is 0 Å². The molecule has 0 aromatic heterocycles. The number of halogens is 1. The quantitative estimate of drug-likeness (QED) is 0.753. The highest BCUT2D eigenvalue weighted by atomic mass is 35.5. The average molecular weight is 361 g/mol. The van der Waals surface area contributed by atoms with Crippen LogP contribution in [0.5, 0.6) is 5.75 Å². The van der Waals surface area contributed by atoms with Crippen LogP contribution in [0.1, 0.15) is 20.8 Å². The largest absolute Gasteiger partial charge is 0.492 e. The minimum atomic E-state index is -1.29. The molecule has 0 aliphatic carbocycles. The van der Waals surface area contributed by atoms with Crippen molar-refractivity contribution in [1.29, 1.82) is 0 Å². The van der Waals surface area contributed by atoms with E-state index in [0.717, 1.165) is 0 Å². The Morgan fingerprint density at radius 3 is 2.40 bits per heavy atom. The molecular formula is C19H21ClN2O3. The maximum atomic E-state index is 12.6. The lowest BCUT2D eigenvalue weighted by Crippen LogP contribution is -2.41. The van der Waals surface area contributed by atoms with Gasteiger partial charge in [0.15, 0.2) is 0 Å². The summed E-state index contributed by atoms with van der Waals surface area (Å²) in [5.74, 6) is -0.301. The Bertz CT molecular complexity index is 775. The molecule has 0 saturated carbocycles. The average Bonchev–Trinajstić information content (AvgIpc) is 2.56.